The van der Waals surface area contributed by atoms with Crippen LogP contribution in [0, 0.1) is 11.8 Å². The van der Waals surface area contributed by atoms with Crippen molar-refractivity contribution >= 4 is 23.6 Å². The van der Waals surface area contributed by atoms with E-state index in [1.54, 1.807) is 4.90 Å². The number of ether oxygens (including phenoxy) is 1. The monoisotopic (exact) mass is 476 g/mol. The van der Waals surface area contributed by atoms with E-state index in [4.69, 9.17) is 16.3 Å². The molecule has 7 heteroatoms. The number of aliphatic hydroxyl groups is 1. The lowest BCUT2D eigenvalue weighted by atomic mass is 9.82. The molecule has 1 unspecified atom stereocenters. The summed E-state index contributed by atoms with van der Waals surface area (Å²) in [6, 6.07) is 7.52. The van der Waals surface area contributed by atoms with Crippen LogP contribution in [0.3, 0.4) is 0 Å². The highest BCUT2D eigenvalue weighted by molar-refractivity contribution is 6.30. The zero-order valence-electron chi connectivity index (χ0n) is 20.1. The van der Waals surface area contributed by atoms with Crippen molar-refractivity contribution in [2.45, 2.75) is 76.4 Å². The number of rotatable bonds is 7. The van der Waals surface area contributed by atoms with Gasteiger partial charge in [0.25, 0.3) is 0 Å². The highest BCUT2D eigenvalue weighted by Gasteiger charge is 2.53. The Morgan fingerprint density at radius 1 is 1.06 bits per heavy atom. The van der Waals surface area contributed by atoms with Crippen molar-refractivity contribution in [3.8, 4) is 0 Å². The van der Waals surface area contributed by atoms with E-state index >= 15 is 0 Å². The summed E-state index contributed by atoms with van der Waals surface area (Å²) in [5.41, 5.74) is -0.273. The average Bonchev–Trinajstić information content (AvgIpc) is 3.64. The fraction of sp³-hybridized carbons (Fsp3) is 0.692. The summed E-state index contributed by atoms with van der Waals surface area (Å²) in [6.45, 7) is 7.42. The minimum absolute atomic E-state index is 0.0510. The third kappa shape index (κ3) is 6.02. The molecule has 1 saturated heterocycles. The first kappa shape index (κ1) is 24.3. The van der Waals surface area contributed by atoms with Gasteiger partial charge in [0.2, 0.25) is 5.91 Å². The molecule has 1 N–H and O–H groups in total. The highest BCUT2D eigenvalue weighted by Crippen LogP contribution is 2.54. The molecule has 1 heterocycles. The maximum Gasteiger partial charge on any atom is 0.410 e. The third-order valence-electron chi connectivity index (χ3n) is 7.19. The Bertz CT molecular complexity index is 855. The Hall–Kier alpha value is -1.79. The zero-order valence-corrected chi connectivity index (χ0v) is 20.8. The number of amides is 2. The molecule has 0 radical (unpaired) electrons. The molecule has 1 aromatic rings. The van der Waals surface area contributed by atoms with Crippen molar-refractivity contribution in [1.29, 1.82) is 0 Å². The van der Waals surface area contributed by atoms with Gasteiger partial charge in [0.1, 0.15) is 5.60 Å². The standard InChI is InChI=1S/C26H37ClN2O4/c1-25(2,3)33-24(31)29-15-13-28(14-16-29)23(30)22(18-5-4-6-21(27)17-18)11-12-26(32,19-7-8-19)20-9-10-20/h4-6,17,19-20,22,32H,7-16H2,1-3H3. The van der Waals surface area contributed by atoms with Gasteiger partial charge in [-0.25, -0.2) is 4.79 Å². The topological polar surface area (TPSA) is 70.1 Å². The molecule has 2 saturated carbocycles. The van der Waals surface area contributed by atoms with E-state index in [-0.39, 0.29) is 17.9 Å². The number of piperazine rings is 1. The molecule has 0 aromatic heterocycles. The molecule has 0 bridgehead atoms. The van der Waals surface area contributed by atoms with Crippen molar-refractivity contribution in [3.63, 3.8) is 0 Å². The van der Waals surface area contributed by atoms with Crippen molar-refractivity contribution < 1.29 is 19.4 Å². The van der Waals surface area contributed by atoms with Gasteiger partial charge in [-0.05, 0) is 88.8 Å². The molecule has 3 aliphatic rings. The maximum absolute atomic E-state index is 13.7. The van der Waals surface area contributed by atoms with Crippen LogP contribution >= 0.6 is 11.6 Å². The van der Waals surface area contributed by atoms with Gasteiger partial charge >= 0.3 is 6.09 Å². The molecule has 33 heavy (non-hydrogen) atoms. The number of halogens is 1. The lowest BCUT2D eigenvalue weighted by Crippen LogP contribution is -2.52. The first-order valence-corrected chi connectivity index (χ1v) is 12.7. The first-order valence-electron chi connectivity index (χ1n) is 12.3. The number of carbonyl (C=O) groups is 2. The molecular formula is C26H37ClN2O4. The Balaban J connectivity index is 1.43. The Kier molecular flexibility index (Phi) is 6.97. The predicted octanol–water partition coefficient (Wildman–Crippen LogP) is 4.83. The van der Waals surface area contributed by atoms with E-state index in [1.807, 2.05) is 49.9 Å². The second-order valence-electron chi connectivity index (χ2n) is 11.0. The van der Waals surface area contributed by atoms with E-state index in [0.29, 0.717) is 55.9 Å². The first-order chi connectivity index (χ1) is 15.6. The second-order valence-corrected chi connectivity index (χ2v) is 11.4. The van der Waals surface area contributed by atoms with E-state index in [1.165, 1.54) is 0 Å². The van der Waals surface area contributed by atoms with Gasteiger partial charge in [-0.15, -0.1) is 0 Å². The summed E-state index contributed by atoms with van der Waals surface area (Å²) in [7, 11) is 0. The van der Waals surface area contributed by atoms with Crippen molar-refractivity contribution in [2.24, 2.45) is 11.8 Å². The van der Waals surface area contributed by atoms with Gasteiger partial charge in [0, 0.05) is 31.2 Å². The smallest absolute Gasteiger partial charge is 0.410 e. The summed E-state index contributed by atoms with van der Waals surface area (Å²) >= 11 is 6.26. The zero-order chi connectivity index (χ0) is 23.8. The number of benzene rings is 1. The van der Waals surface area contributed by atoms with E-state index < -0.39 is 11.2 Å². The van der Waals surface area contributed by atoms with Crippen molar-refractivity contribution in [3.05, 3.63) is 34.9 Å². The molecular weight excluding hydrogens is 440 g/mol. The minimum Gasteiger partial charge on any atom is -0.444 e. The van der Waals surface area contributed by atoms with E-state index in [9.17, 15) is 14.7 Å². The van der Waals surface area contributed by atoms with Crippen LogP contribution in [0.25, 0.3) is 0 Å². The highest BCUT2D eigenvalue weighted by atomic mass is 35.5. The molecule has 1 atom stereocenters. The van der Waals surface area contributed by atoms with Crippen LogP contribution in [0.4, 0.5) is 4.79 Å². The van der Waals surface area contributed by atoms with Crippen LogP contribution in [0.5, 0.6) is 0 Å². The van der Waals surface area contributed by atoms with Crippen molar-refractivity contribution in [2.75, 3.05) is 26.2 Å². The number of hydrogen-bond donors (Lipinski definition) is 1. The summed E-state index contributed by atoms with van der Waals surface area (Å²) in [5, 5.41) is 12.0. The van der Waals surface area contributed by atoms with Crippen LogP contribution in [-0.4, -0.2) is 64.3 Å². The third-order valence-corrected chi connectivity index (χ3v) is 7.43. The molecule has 4 rings (SSSR count). The minimum atomic E-state index is -0.632. The Morgan fingerprint density at radius 3 is 2.15 bits per heavy atom. The molecule has 6 nitrogen and oxygen atoms in total. The molecule has 2 amide bonds. The summed E-state index contributed by atoms with van der Waals surface area (Å²) < 4.78 is 5.48. The summed E-state index contributed by atoms with van der Waals surface area (Å²) in [4.78, 5) is 29.6. The van der Waals surface area contributed by atoms with Crippen LogP contribution in [0.15, 0.2) is 24.3 Å². The van der Waals surface area contributed by atoms with Gasteiger partial charge in [-0.3, -0.25) is 4.79 Å². The molecule has 182 valence electrons. The summed E-state index contributed by atoms with van der Waals surface area (Å²) in [6.07, 6.45) is 5.29. The molecule has 2 aliphatic carbocycles. The molecule has 1 aliphatic heterocycles. The largest absolute Gasteiger partial charge is 0.444 e. The van der Waals surface area contributed by atoms with Gasteiger partial charge < -0.3 is 19.6 Å². The predicted molar refractivity (Wildman–Crippen MR) is 128 cm³/mol. The van der Waals surface area contributed by atoms with Crippen molar-refractivity contribution in [1.82, 2.24) is 9.80 Å². The SMILES string of the molecule is CC(C)(C)OC(=O)N1CCN(C(=O)C(CCC(O)(C2CC2)C2CC2)c2cccc(Cl)c2)CC1. The number of nitrogens with zero attached hydrogens (tertiary/aromatic N) is 2. The van der Waals surface area contributed by atoms with Crippen LogP contribution in [-0.2, 0) is 9.53 Å². The maximum atomic E-state index is 13.7. The Morgan fingerprint density at radius 2 is 1.64 bits per heavy atom. The quantitative estimate of drug-likeness (QED) is 0.611. The fourth-order valence-corrected chi connectivity index (χ4v) is 5.29. The average molecular weight is 477 g/mol. The Labute approximate surface area is 202 Å². The van der Waals surface area contributed by atoms with Gasteiger partial charge in [0.15, 0.2) is 0 Å². The lowest BCUT2D eigenvalue weighted by Gasteiger charge is -2.37. The van der Waals surface area contributed by atoms with Crippen LogP contribution in [0.2, 0.25) is 5.02 Å². The van der Waals surface area contributed by atoms with Gasteiger partial charge in [-0.1, -0.05) is 23.7 Å². The normalized spacial score (nSPS) is 20.5. The van der Waals surface area contributed by atoms with Gasteiger partial charge in [0.05, 0.1) is 11.5 Å². The molecule has 0 spiro atoms. The number of hydrogen-bond acceptors (Lipinski definition) is 4. The second kappa shape index (κ2) is 9.46. The van der Waals surface area contributed by atoms with Crippen LogP contribution < -0.4 is 0 Å². The van der Waals surface area contributed by atoms with E-state index in [2.05, 4.69) is 0 Å². The van der Waals surface area contributed by atoms with Crippen LogP contribution in [0.1, 0.15) is 70.8 Å². The molecule has 3 fully saturated rings. The summed E-state index contributed by atoms with van der Waals surface area (Å²) in [5.74, 6) is 0.478. The molecule has 1 aromatic carbocycles. The van der Waals surface area contributed by atoms with Gasteiger partial charge in [-0.2, -0.15) is 0 Å². The lowest BCUT2D eigenvalue weighted by molar-refractivity contribution is -0.135. The fourth-order valence-electron chi connectivity index (χ4n) is 5.10. The van der Waals surface area contributed by atoms with E-state index in [0.717, 1.165) is 31.2 Å². The number of carbonyl (C=O) groups excluding carboxylic acids is 2.